The molecule has 5 nitrogen and oxygen atoms in total. The number of fused-ring (bicyclic) bond motifs is 2. The average molecular weight is 262 g/mol. The fourth-order valence-electron chi connectivity index (χ4n) is 4.08. The standard InChI is InChI=1S/C14H22N4O/c15-14-4-1-2-10(14)6-18(9-14)7-13-11-8-19-5-3-12(11)16-17-13/h10H,1-9,15H2,(H,16,17). The fraction of sp³-hybridized carbons (Fsp3) is 0.786. The van der Waals surface area contributed by atoms with Gasteiger partial charge in [-0.15, -0.1) is 0 Å². The van der Waals surface area contributed by atoms with Crippen LogP contribution in [-0.4, -0.2) is 40.3 Å². The number of aromatic nitrogens is 2. The second-order valence-corrected chi connectivity index (χ2v) is 6.42. The van der Waals surface area contributed by atoms with E-state index in [0.717, 1.165) is 32.7 Å². The van der Waals surface area contributed by atoms with Crippen molar-refractivity contribution in [3.05, 3.63) is 17.0 Å². The van der Waals surface area contributed by atoms with Gasteiger partial charge in [-0.05, 0) is 18.8 Å². The quantitative estimate of drug-likeness (QED) is 0.827. The number of nitrogens with zero attached hydrogens (tertiary/aromatic N) is 2. The van der Waals surface area contributed by atoms with Crippen molar-refractivity contribution in [1.29, 1.82) is 0 Å². The van der Waals surface area contributed by atoms with Crippen LogP contribution in [0.5, 0.6) is 0 Å². The average Bonchev–Trinajstić information content (AvgIpc) is 3.02. The van der Waals surface area contributed by atoms with Crippen LogP contribution in [0.3, 0.4) is 0 Å². The Morgan fingerprint density at radius 1 is 1.53 bits per heavy atom. The lowest BCUT2D eigenvalue weighted by Gasteiger charge is -2.23. The van der Waals surface area contributed by atoms with Crippen LogP contribution in [0.25, 0.3) is 0 Å². The van der Waals surface area contributed by atoms with E-state index in [1.54, 1.807) is 0 Å². The Kier molecular flexibility index (Phi) is 2.69. The molecule has 19 heavy (non-hydrogen) atoms. The van der Waals surface area contributed by atoms with Gasteiger partial charge in [0.1, 0.15) is 0 Å². The Hall–Kier alpha value is -0.910. The van der Waals surface area contributed by atoms with Crippen LogP contribution in [0.2, 0.25) is 0 Å². The molecule has 2 fully saturated rings. The van der Waals surface area contributed by atoms with Crippen molar-refractivity contribution in [1.82, 2.24) is 15.1 Å². The van der Waals surface area contributed by atoms with E-state index in [0.29, 0.717) is 12.5 Å². The van der Waals surface area contributed by atoms with E-state index >= 15 is 0 Å². The second kappa shape index (κ2) is 4.30. The summed E-state index contributed by atoms with van der Waals surface area (Å²) in [6.45, 7) is 4.61. The summed E-state index contributed by atoms with van der Waals surface area (Å²) in [6, 6.07) is 0. The molecule has 5 heteroatoms. The van der Waals surface area contributed by atoms with E-state index in [1.807, 2.05) is 0 Å². The number of nitrogens with two attached hydrogens (primary N) is 1. The van der Waals surface area contributed by atoms with Crippen LogP contribution in [0.1, 0.15) is 36.2 Å². The van der Waals surface area contributed by atoms with Gasteiger partial charge in [0.05, 0.1) is 18.9 Å². The fourth-order valence-corrected chi connectivity index (χ4v) is 4.08. The lowest BCUT2D eigenvalue weighted by atomic mass is 9.92. The monoisotopic (exact) mass is 262 g/mol. The molecule has 1 saturated heterocycles. The number of ether oxygens (including phenoxy) is 1. The van der Waals surface area contributed by atoms with Gasteiger partial charge in [-0.25, -0.2) is 0 Å². The first-order valence-electron chi connectivity index (χ1n) is 7.38. The summed E-state index contributed by atoms with van der Waals surface area (Å²) >= 11 is 0. The van der Waals surface area contributed by atoms with E-state index in [9.17, 15) is 0 Å². The molecule has 2 aliphatic heterocycles. The Labute approximate surface area is 113 Å². The minimum absolute atomic E-state index is 0.0763. The highest BCUT2D eigenvalue weighted by molar-refractivity contribution is 5.26. The molecule has 3 aliphatic rings. The molecule has 104 valence electrons. The summed E-state index contributed by atoms with van der Waals surface area (Å²) in [7, 11) is 0. The maximum atomic E-state index is 6.53. The third kappa shape index (κ3) is 1.91. The molecule has 2 atom stereocenters. The molecule has 3 N–H and O–H groups in total. The molecule has 0 amide bonds. The lowest BCUT2D eigenvalue weighted by molar-refractivity contribution is 0.109. The molecule has 1 aliphatic carbocycles. The zero-order chi connectivity index (χ0) is 12.9. The minimum Gasteiger partial charge on any atom is -0.376 e. The van der Waals surface area contributed by atoms with Gasteiger partial charge in [0.25, 0.3) is 0 Å². The Bertz CT molecular complexity index is 486. The molecule has 2 unspecified atom stereocenters. The van der Waals surface area contributed by atoms with Crippen molar-refractivity contribution in [2.24, 2.45) is 11.7 Å². The summed E-state index contributed by atoms with van der Waals surface area (Å²) in [5.41, 5.74) is 10.3. The van der Waals surface area contributed by atoms with Gasteiger partial charge in [0.2, 0.25) is 0 Å². The highest BCUT2D eigenvalue weighted by Crippen LogP contribution is 2.40. The number of aromatic amines is 1. The SMILES string of the molecule is NC12CCCC1CN(Cc1n[nH]c3c1COCC3)C2. The molecule has 1 aromatic rings. The van der Waals surface area contributed by atoms with Crippen LogP contribution < -0.4 is 5.73 Å². The summed E-state index contributed by atoms with van der Waals surface area (Å²) in [4.78, 5) is 2.48. The molecular formula is C14H22N4O. The van der Waals surface area contributed by atoms with E-state index < -0.39 is 0 Å². The summed E-state index contributed by atoms with van der Waals surface area (Å²) in [6.07, 6.45) is 4.76. The number of hydrogen-bond acceptors (Lipinski definition) is 4. The number of likely N-dealkylation sites (tertiary alicyclic amines) is 1. The molecule has 0 bridgehead atoms. The third-order valence-corrected chi connectivity index (χ3v) is 5.16. The zero-order valence-corrected chi connectivity index (χ0v) is 11.3. The first-order valence-corrected chi connectivity index (χ1v) is 7.38. The van der Waals surface area contributed by atoms with E-state index in [2.05, 4.69) is 15.1 Å². The first kappa shape index (κ1) is 11.9. The largest absolute Gasteiger partial charge is 0.376 e. The predicted octanol–water partition coefficient (Wildman–Crippen LogP) is 0.796. The van der Waals surface area contributed by atoms with Crippen molar-refractivity contribution in [2.75, 3.05) is 19.7 Å². The van der Waals surface area contributed by atoms with Crippen molar-refractivity contribution >= 4 is 0 Å². The topological polar surface area (TPSA) is 67.2 Å². The van der Waals surface area contributed by atoms with Gasteiger partial charge in [-0.1, -0.05) is 6.42 Å². The van der Waals surface area contributed by atoms with Crippen LogP contribution in [-0.2, 0) is 24.3 Å². The molecule has 0 aromatic carbocycles. The zero-order valence-electron chi connectivity index (χ0n) is 11.3. The van der Waals surface area contributed by atoms with Crippen LogP contribution >= 0.6 is 0 Å². The molecule has 0 radical (unpaired) electrons. The molecule has 3 heterocycles. The molecule has 4 rings (SSSR count). The first-order chi connectivity index (χ1) is 9.24. The van der Waals surface area contributed by atoms with Gasteiger partial charge in [-0.3, -0.25) is 10.00 Å². The van der Waals surface area contributed by atoms with Crippen molar-refractivity contribution in [3.8, 4) is 0 Å². The summed E-state index contributed by atoms with van der Waals surface area (Å²) < 4.78 is 5.55. The van der Waals surface area contributed by atoms with Crippen LogP contribution in [0.4, 0.5) is 0 Å². The number of nitrogens with one attached hydrogen (secondary N) is 1. The minimum atomic E-state index is 0.0763. The lowest BCUT2D eigenvalue weighted by Crippen LogP contribution is -2.44. The third-order valence-electron chi connectivity index (χ3n) is 5.16. The molecule has 0 spiro atoms. The number of hydrogen-bond donors (Lipinski definition) is 2. The predicted molar refractivity (Wildman–Crippen MR) is 71.5 cm³/mol. The van der Waals surface area contributed by atoms with Gasteiger partial charge >= 0.3 is 0 Å². The molecular weight excluding hydrogens is 240 g/mol. The van der Waals surface area contributed by atoms with Crippen LogP contribution in [0, 0.1) is 5.92 Å². The Morgan fingerprint density at radius 3 is 3.37 bits per heavy atom. The van der Waals surface area contributed by atoms with Gasteiger partial charge in [0.15, 0.2) is 0 Å². The van der Waals surface area contributed by atoms with Crippen molar-refractivity contribution < 1.29 is 4.74 Å². The normalized spacial score (nSPS) is 34.5. The highest BCUT2D eigenvalue weighted by atomic mass is 16.5. The van der Waals surface area contributed by atoms with E-state index in [4.69, 9.17) is 10.5 Å². The molecule has 1 aromatic heterocycles. The van der Waals surface area contributed by atoms with Gasteiger partial charge in [-0.2, -0.15) is 5.10 Å². The Morgan fingerprint density at radius 2 is 2.47 bits per heavy atom. The van der Waals surface area contributed by atoms with Gasteiger partial charge in [0, 0.05) is 42.9 Å². The maximum Gasteiger partial charge on any atom is 0.0820 e. The van der Waals surface area contributed by atoms with E-state index in [-0.39, 0.29) is 5.54 Å². The number of rotatable bonds is 2. The summed E-state index contributed by atoms with van der Waals surface area (Å²) in [5.74, 6) is 0.693. The van der Waals surface area contributed by atoms with Crippen molar-refractivity contribution in [2.45, 2.75) is 44.4 Å². The number of H-pyrrole nitrogens is 1. The molecule has 1 saturated carbocycles. The summed E-state index contributed by atoms with van der Waals surface area (Å²) in [5, 5.41) is 7.66. The van der Waals surface area contributed by atoms with Crippen molar-refractivity contribution in [3.63, 3.8) is 0 Å². The van der Waals surface area contributed by atoms with E-state index in [1.165, 1.54) is 36.2 Å². The second-order valence-electron chi connectivity index (χ2n) is 6.42. The highest BCUT2D eigenvalue weighted by Gasteiger charge is 2.46. The maximum absolute atomic E-state index is 6.53. The van der Waals surface area contributed by atoms with Gasteiger partial charge < -0.3 is 10.5 Å². The van der Waals surface area contributed by atoms with Crippen LogP contribution in [0.15, 0.2) is 0 Å². The Balaban J connectivity index is 1.49. The smallest absolute Gasteiger partial charge is 0.0820 e.